The number of carbonyl (C=O) groups excluding carboxylic acids is 1. The Kier molecular flexibility index (Phi) is 4.54. The Labute approximate surface area is 98.7 Å². The highest BCUT2D eigenvalue weighted by Gasteiger charge is 2.43. The Morgan fingerprint density at radius 3 is 2.69 bits per heavy atom. The molecule has 1 saturated heterocycles. The van der Waals surface area contributed by atoms with E-state index in [2.05, 4.69) is 31.1 Å². The number of amides is 1. The lowest BCUT2D eigenvalue weighted by Crippen LogP contribution is -2.48. The van der Waals surface area contributed by atoms with Crippen LogP contribution in [0.25, 0.3) is 0 Å². The number of rotatable bonds is 5. The normalized spacial score (nSPS) is 26.8. The third-order valence-electron chi connectivity index (χ3n) is 3.64. The van der Waals surface area contributed by atoms with Crippen LogP contribution < -0.4 is 10.6 Å². The van der Waals surface area contributed by atoms with Gasteiger partial charge in [0.2, 0.25) is 5.91 Å². The second-order valence-electron chi connectivity index (χ2n) is 5.14. The third kappa shape index (κ3) is 2.64. The molecule has 2 N–H and O–H groups in total. The zero-order chi connectivity index (χ0) is 12.2. The molecule has 0 aromatic carbocycles. The van der Waals surface area contributed by atoms with Crippen molar-refractivity contribution in [2.45, 2.75) is 39.7 Å². The monoisotopic (exact) mass is 224 g/mol. The summed E-state index contributed by atoms with van der Waals surface area (Å²) in [6.45, 7) is 11.7. The van der Waals surface area contributed by atoms with Crippen LogP contribution in [0.4, 0.5) is 0 Å². The van der Waals surface area contributed by atoms with E-state index in [0.717, 1.165) is 25.9 Å². The minimum Gasteiger partial charge on any atom is -0.353 e. The van der Waals surface area contributed by atoms with Gasteiger partial charge in [0.05, 0.1) is 5.41 Å². The SMILES string of the molecule is C=CCC(C)NC(=O)C1(C(C)C)CCNC1. The largest absolute Gasteiger partial charge is 0.353 e. The average Bonchev–Trinajstić information content (AvgIpc) is 2.67. The molecule has 0 aromatic heterocycles. The van der Waals surface area contributed by atoms with Crippen molar-refractivity contribution in [3.63, 3.8) is 0 Å². The molecule has 2 unspecified atom stereocenters. The number of hydrogen-bond acceptors (Lipinski definition) is 2. The molecule has 0 bridgehead atoms. The van der Waals surface area contributed by atoms with E-state index in [0.29, 0.717) is 5.92 Å². The van der Waals surface area contributed by atoms with Gasteiger partial charge in [-0.1, -0.05) is 19.9 Å². The number of nitrogens with one attached hydrogen (secondary N) is 2. The first-order valence-corrected chi connectivity index (χ1v) is 6.15. The van der Waals surface area contributed by atoms with Crippen LogP contribution in [0.15, 0.2) is 12.7 Å². The third-order valence-corrected chi connectivity index (χ3v) is 3.64. The Hall–Kier alpha value is -0.830. The van der Waals surface area contributed by atoms with Gasteiger partial charge in [-0.2, -0.15) is 0 Å². The molecule has 0 aliphatic carbocycles. The van der Waals surface area contributed by atoms with E-state index < -0.39 is 0 Å². The summed E-state index contributed by atoms with van der Waals surface area (Å²) >= 11 is 0. The summed E-state index contributed by atoms with van der Waals surface area (Å²) in [5.41, 5.74) is -0.213. The predicted molar refractivity (Wildman–Crippen MR) is 67.2 cm³/mol. The molecule has 16 heavy (non-hydrogen) atoms. The van der Waals surface area contributed by atoms with Gasteiger partial charge in [0.25, 0.3) is 0 Å². The molecule has 1 amide bonds. The first-order valence-electron chi connectivity index (χ1n) is 6.15. The standard InChI is InChI=1S/C13H24N2O/c1-5-6-11(4)15-12(16)13(10(2)3)7-8-14-9-13/h5,10-11,14H,1,6-9H2,2-4H3,(H,15,16). The zero-order valence-electron chi connectivity index (χ0n) is 10.7. The maximum Gasteiger partial charge on any atom is 0.228 e. The summed E-state index contributed by atoms with van der Waals surface area (Å²) in [5, 5.41) is 6.39. The lowest BCUT2D eigenvalue weighted by Gasteiger charge is -2.32. The Morgan fingerprint density at radius 1 is 1.56 bits per heavy atom. The van der Waals surface area contributed by atoms with E-state index in [1.165, 1.54) is 0 Å². The van der Waals surface area contributed by atoms with Gasteiger partial charge < -0.3 is 10.6 Å². The van der Waals surface area contributed by atoms with Crippen LogP contribution in [-0.2, 0) is 4.79 Å². The fourth-order valence-corrected chi connectivity index (χ4v) is 2.34. The Balaban J connectivity index is 2.65. The van der Waals surface area contributed by atoms with Crippen molar-refractivity contribution in [3.8, 4) is 0 Å². The van der Waals surface area contributed by atoms with Crippen molar-refractivity contribution < 1.29 is 4.79 Å². The van der Waals surface area contributed by atoms with E-state index in [-0.39, 0.29) is 17.4 Å². The van der Waals surface area contributed by atoms with E-state index >= 15 is 0 Å². The minimum atomic E-state index is -0.213. The Bertz CT molecular complexity index is 255. The van der Waals surface area contributed by atoms with Gasteiger partial charge in [0, 0.05) is 12.6 Å². The first kappa shape index (κ1) is 13.2. The fraction of sp³-hybridized carbons (Fsp3) is 0.769. The predicted octanol–water partition coefficient (Wildman–Crippen LogP) is 1.70. The molecule has 1 rings (SSSR count). The molecule has 92 valence electrons. The number of carbonyl (C=O) groups is 1. The molecule has 3 nitrogen and oxygen atoms in total. The molecule has 2 atom stereocenters. The van der Waals surface area contributed by atoms with Crippen LogP contribution in [0.2, 0.25) is 0 Å². The molecule has 1 heterocycles. The molecule has 3 heteroatoms. The van der Waals surface area contributed by atoms with E-state index in [1.54, 1.807) is 0 Å². The highest BCUT2D eigenvalue weighted by atomic mass is 16.2. The molecule has 0 saturated carbocycles. The summed E-state index contributed by atoms with van der Waals surface area (Å²) in [4.78, 5) is 12.3. The quantitative estimate of drug-likeness (QED) is 0.698. The van der Waals surface area contributed by atoms with Crippen molar-refractivity contribution in [1.82, 2.24) is 10.6 Å². The highest BCUT2D eigenvalue weighted by molar-refractivity contribution is 5.83. The van der Waals surface area contributed by atoms with Gasteiger partial charge in [-0.25, -0.2) is 0 Å². The molecule has 0 aromatic rings. The average molecular weight is 224 g/mol. The van der Waals surface area contributed by atoms with Crippen LogP contribution in [0.5, 0.6) is 0 Å². The topological polar surface area (TPSA) is 41.1 Å². The lowest BCUT2D eigenvalue weighted by atomic mass is 9.75. The Morgan fingerprint density at radius 2 is 2.25 bits per heavy atom. The summed E-state index contributed by atoms with van der Waals surface area (Å²) in [6, 6.07) is 0.182. The number of hydrogen-bond donors (Lipinski definition) is 2. The van der Waals surface area contributed by atoms with E-state index in [9.17, 15) is 4.79 Å². The van der Waals surface area contributed by atoms with Crippen molar-refractivity contribution in [2.24, 2.45) is 11.3 Å². The van der Waals surface area contributed by atoms with Crippen molar-refractivity contribution in [2.75, 3.05) is 13.1 Å². The van der Waals surface area contributed by atoms with Gasteiger partial charge >= 0.3 is 0 Å². The molecule has 0 spiro atoms. The summed E-state index contributed by atoms with van der Waals surface area (Å²) in [6.07, 6.45) is 3.62. The molecule has 1 aliphatic rings. The van der Waals surface area contributed by atoms with E-state index in [1.807, 2.05) is 13.0 Å². The van der Waals surface area contributed by atoms with E-state index in [4.69, 9.17) is 0 Å². The van der Waals surface area contributed by atoms with Crippen molar-refractivity contribution >= 4 is 5.91 Å². The maximum atomic E-state index is 12.3. The first-order chi connectivity index (χ1) is 7.53. The van der Waals surface area contributed by atoms with Crippen LogP contribution in [-0.4, -0.2) is 25.0 Å². The molecule has 0 radical (unpaired) electrons. The zero-order valence-corrected chi connectivity index (χ0v) is 10.7. The summed E-state index contributed by atoms with van der Waals surface area (Å²) in [5.74, 6) is 0.570. The van der Waals surface area contributed by atoms with Gasteiger partial charge in [0.15, 0.2) is 0 Å². The van der Waals surface area contributed by atoms with Crippen molar-refractivity contribution in [1.29, 1.82) is 0 Å². The van der Waals surface area contributed by atoms with Gasteiger partial charge in [-0.3, -0.25) is 4.79 Å². The van der Waals surface area contributed by atoms with Crippen LogP contribution >= 0.6 is 0 Å². The van der Waals surface area contributed by atoms with Gasteiger partial charge in [-0.05, 0) is 32.2 Å². The highest BCUT2D eigenvalue weighted by Crippen LogP contribution is 2.34. The molecule has 1 fully saturated rings. The lowest BCUT2D eigenvalue weighted by molar-refractivity contribution is -0.133. The summed E-state index contributed by atoms with van der Waals surface area (Å²) in [7, 11) is 0. The second-order valence-corrected chi connectivity index (χ2v) is 5.14. The molecular weight excluding hydrogens is 200 g/mol. The van der Waals surface area contributed by atoms with Crippen LogP contribution in [0.1, 0.15) is 33.6 Å². The van der Waals surface area contributed by atoms with Crippen LogP contribution in [0, 0.1) is 11.3 Å². The fourth-order valence-electron chi connectivity index (χ4n) is 2.34. The maximum absolute atomic E-state index is 12.3. The summed E-state index contributed by atoms with van der Waals surface area (Å²) < 4.78 is 0. The second kappa shape index (κ2) is 5.48. The van der Waals surface area contributed by atoms with Gasteiger partial charge in [-0.15, -0.1) is 6.58 Å². The smallest absolute Gasteiger partial charge is 0.228 e. The molecular formula is C13H24N2O. The van der Waals surface area contributed by atoms with Crippen molar-refractivity contribution in [3.05, 3.63) is 12.7 Å². The van der Waals surface area contributed by atoms with Crippen LogP contribution in [0.3, 0.4) is 0 Å². The van der Waals surface area contributed by atoms with Gasteiger partial charge in [0.1, 0.15) is 0 Å². The minimum absolute atomic E-state index is 0.182. The molecule has 1 aliphatic heterocycles.